The lowest BCUT2D eigenvalue weighted by Gasteiger charge is -2.64. The summed E-state index contributed by atoms with van der Waals surface area (Å²) in [5, 5.41) is 23.2. The first-order chi connectivity index (χ1) is 21.1. The van der Waals surface area contributed by atoms with Crippen LogP contribution in [0.25, 0.3) is 0 Å². The van der Waals surface area contributed by atoms with Crippen molar-refractivity contribution in [1.29, 1.82) is 0 Å². The highest BCUT2D eigenvalue weighted by molar-refractivity contribution is 5.33. The zero-order valence-corrected chi connectivity index (χ0v) is 29.1. The van der Waals surface area contributed by atoms with Crippen LogP contribution in [0.2, 0.25) is 0 Å². The lowest BCUT2D eigenvalue weighted by Crippen LogP contribution is -2.60. The molecule has 0 radical (unpaired) electrons. The van der Waals surface area contributed by atoms with Gasteiger partial charge in [-0.1, -0.05) is 34.6 Å². The van der Waals surface area contributed by atoms with Gasteiger partial charge < -0.3 is 34.9 Å². The minimum atomic E-state index is -1.02. The van der Waals surface area contributed by atoms with Gasteiger partial charge in [0.05, 0.1) is 68.5 Å². The zero-order valence-electron chi connectivity index (χ0n) is 29.1. The second kappa shape index (κ2) is 10.1. The molecule has 8 fully saturated rings. The number of morpholine rings is 1. The van der Waals surface area contributed by atoms with Crippen molar-refractivity contribution < 1.29 is 29.2 Å². The van der Waals surface area contributed by atoms with Crippen LogP contribution in [-0.4, -0.2) is 96.4 Å². The van der Waals surface area contributed by atoms with E-state index in [-0.39, 0.29) is 40.8 Å². The molecule has 4 N–H and O–H groups in total. The second-order valence-corrected chi connectivity index (χ2v) is 18.8. The molecule has 0 amide bonds. The summed E-state index contributed by atoms with van der Waals surface area (Å²) in [6, 6.07) is 0.0497. The smallest absolute Gasteiger partial charge is 0.170 e. The van der Waals surface area contributed by atoms with Crippen LogP contribution in [0.4, 0.5) is 0 Å². The number of nitrogens with two attached hydrogens (primary N) is 1. The van der Waals surface area contributed by atoms with Gasteiger partial charge in [-0.15, -0.1) is 0 Å². The Bertz CT molecular complexity index is 1170. The number of aliphatic hydroxyl groups is 2. The molecule has 8 nitrogen and oxygen atoms in total. The van der Waals surface area contributed by atoms with Crippen molar-refractivity contribution in [2.24, 2.45) is 56.5 Å². The van der Waals surface area contributed by atoms with Gasteiger partial charge in [0, 0.05) is 12.0 Å². The van der Waals surface area contributed by atoms with Crippen LogP contribution in [0, 0.1) is 50.7 Å². The summed E-state index contributed by atoms with van der Waals surface area (Å²) in [6.07, 6.45) is 8.44. The number of hydrogen-bond donors (Lipinski definition) is 3. The molecule has 9 unspecified atom stereocenters. The van der Waals surface area contributed by atoms with Crippen molar-refractivity contribution in [2.75, 3.05) is 32.9 Å². The molecule has 5 aliphatic carbocycles. The molecule has 2 spiro atoms. The average molecular weight is 631 g/mol. The van der Waals surface area contributed by atoms with Gasteiger partial charge in [0.25, 0.3) is 0 Å². The quantitative estimate of drug-likeness (QED) is 0.412. The first-order valence-corrected chi connectivity index (χ1v) is 18.5. The molecule has 45 heavy (non-hydrogen) atoms. The molecule has 8 aliphatic rings. The molecule has 3 heterocycles. The van der Waals surface area contributed by atoms with Crippen molar-refractivity contribution >= 4 is 0 Å². The average Bonchev–Trinajstić information content (AvgIpc) is 3.57. The minimum Gasteiger partial charge on any atom is -0.390 e. The van der Waals surface area contributed by atoms with Crippen molar-refractivity contribution in [2.45, 2.75) is 148 Å². The zero-order chi connectivity index (χ0) is 31.9. The Labute approximate surface area is 271 Å². The molecule has 8 heteroatoms. The van der Waals surface area contributed by atoms with E-state index in [1.807, 2.05) is 0 Å². The molecule has 0 aromatic carbocycles. The fourth-order valence-corrected chi connectivity index (χ4v) is 13.9. The number of fused-ring (bicyclic) bond motifs is 4. The Kier molecular flexibility index (Phi) is 7.18. The first-order valence-electron chi connectivity index (χ1n) is 18.5. The van der Waals surface area contributed by atoms with Crippen LogP contribution in [0.5, 0.6) is 0 Å². The van der Waals surface area contributed by atoms with Crippen LogP contribution in [-0.2, 0) is 18.9 Å². The summed E-state index contributed by atoms with van der Waals surface area (Å²) in [4.78, 5) is 2.51. The largest absolute Gasteiger partial charge is 0.390 e. The van der Waals surface area contributed by atoms with Crippen LogP contribution < -0.4 is 5.73 Å². The molecule has 256 valence electrons. The van der Waals surface area contributed by atoms with E-state index in [4.69, 9.17) is 24.7 Å². The third-order valence-electron chi connectivity index (χ3n) is 16.5. The summed E-state index contributed by atoms with van der Waals surface area (Å²) in [5.74, 6) is 1.85. The summed E-state index contributed by atoms with van der Waals surface area (Å²) >= 11 is 0. The molecule has 8 rings (SSSR count). The number of rotatable bonds is 5. The predicted molar refractivity (Wildman–Crippen MR) is 171 cm³/mol. The van der Waals surface area contributed by atoms with E-state index < -0.39 is 17.7 Å². The normalized spacial score (nSPS) is 54.9. The second-order valence-electron chi connectivity index (χ2n) is 18.8. The topological polar surface area (TPSA) is 107 Å². The van der Waals surface area contributed by atoms with Gasteiger partial charge in [-0.25, -0.2) is 0 Å². The maximum Gasteiger partial charge on any atom is 0.170 e. The maximum atomic E-state index is 12.5. The van der Waals surface area contributed by atoms with Gasteiger partial charge in [0.1, 0.15) is 0 Å². The number of aliphatic hydroxyl groups excluding tert-OH is 1. The van der Waals surface area contributed by atoms with Crippen molar-refractivity contribution in [1.82, 2.24) is 4.90 Å². The van der Waals surface area contributed by atoms with Crippen molar-refractivity contribution in [3.05, 3.63) is 0 Å². The summed E-state index contributed by atoms with van der Waals surface area (Å²) in [7, 11) is 0. The van der Waals surface area contributed by atoms with E-state index in [1.54, 1.807) is 13.8 Å². The number of nitrogens with zero attached hydrogens (tertiary/aromatic N) is 1. The Balaban J connectivity index is 1.03. The van der Waals surface area contributed by atoms with E-state index in [0.29, 0.717) is 40.5 Å². The molecule has 5 saturated carbocycles. The van der Waals surface area contributed by atoms with Gasteiger partial charge in [-0.3, -0.25) is 4.90 Å². The highest BCUT2D eigenvalue weighted by atomic mass is 16.7. The van der Waals surface area contributed by atoms with Gasteiger partial charge in [0.15, 0.2) is 6.29 Å². The van der Waals surface area contributed by atoms with Crippen LogP contribution in [0.3, 0.4) is 0 Å². The summed E-state index contributed by atoms with van der Waals surface area (Å²) in [6.45, 7) is 20.1. The third kappa shape index (κ3) is 4.12. The predicted octanol–water partition coefficient (Wildman–Crippen LogP) is 4.34. The van der Waals surface area contributed by atoms with E-state index in [9.17, 15) is 10.2 Å². The SMILES string of the molecule is C[C@@H]1CC(C(N)C(C)(C)O)OC2[C@H]1C1(C)CCC34CC35CCC(O[C@H]3CN(C6COC6)CCO3)C(C)(C)C5CCC4[C@]1(C)[C@H]2O. The molecule has 0 aromatic heterocycles. The van der Waals surface area contributed by atoms with Gasteiger partial charge in [-0.2, -0.15) is 0 Å². The standard InChI is InChI=1S/C37H62N2O6/c1-21-16-23(30(38)33(4,5)41)44-29-28(21)34(6)12-13-37-20-36(37)11-10-26(45-27-17-39(14-15-43-27)22-18-42-19-22)32(2,3)24(36)8-9-25(37)35(34,7)31(29)40/h21-31,40-41H,8-20,38H2,1-7H3/t21-,23?,24?,25?,26?,27+,28+,29?,30?,31+,34?,35-,36?,37?/m1/s1. The van der Waals surface area contributed by atoms with Crippen LogP contribution in [0.15, 0.2) is 0 Å². The molecule has 0 aromatic rings. The minimum absolute atomic E-state index is 0.0261. The lowest BCUT2D eigenvalue weighted by molar-refractivity contribution is -0.256. The van der Waals surface area contributed by atoms with Crippen LogP contribution >= 0.6 is 0 Å². The Hall–Kier alpha value is -0.320. The van der Waals surface area contributed by atoms with E-state index in [1.165, 1.54) is 38.5 Å². The maximum absolute atomic E-state index is 12.5. The first kappa shape index (κ1) is 31.9. The highest BCUT2D eigenvalue weighted by Gasteiger charge is 2.84. The molecule has 3 saturated heterocycles. The van der Waals surface area contributed by atoms with Gasteiger partial charge >= 0.3 is 0 Å². The fourth-order valence-electron chi connectivity index (χ4n) is 13.9. The van der Waals surface area contributed by atoms with Crippen molar-refractivity contribution in [3.8, 4) is 0 Å². The summed E-state index contributed by atoms with van der Waals surface area (Å²) in [5.41, 5.74) is 6.15. The van der Waals surface area contributed by atoms with Gasteiger partial charge in [-0.05, 0) is 111 Å². The van der Waals surface area contributed by atoms with Gasteiger partial charge in [0.2, 0.25) is 0 Å². The van der Waals surface area contributed by atoms with E-state index in [2.05, 4.69) is 39.5 Å². The lowest BCUT2D eigenvalue weighted by atomic mass is 9.41. The van der Waals surface area contributed by atoms with Crippen molar-refractivity contribution in [3.63, 3.8) is 0 Å². The molecule has 3 aliphatic heterocycles. The molecular formula is C37H62N2O6. The fraction of sp³-hybridized carbons (Fsp3) is 1.00. The molecular weight excluding hydrogens is 568 g/mol. The van der Waals surface area contributed by atoms with E-state index in [0.717, 1.165) is 45.8 Å². The number of ether oxygens (including phenoxy) is 4. The molecule has 0 bridgehead atoms. The van der Waals surface area contributed by atoms with Crippen LogP contribution in [0.1, 0.15) is 99.8 Å². The third-order valence-corrected chi connectivity index (χ3v) is 16.5. The van der Waals surface area contributed by atoms with E-state index >= 15 is 0 Å². The Morgan fingerprint density at radius 2 is 1.71 bits per heavy atom. The highest BCUT2D eigenvalue weighted by Crippen LogP contribution is 2.89. The number of hydrogen-bond acceptors (Lipinski definition) is 8. The monoisotopic (exact) mass is 630 g/mol. The molecule has 14 atom stereocenters. The Morgan fingerprint density at radius 3 is 2.40 bits per heavy atom. The Morgan fingerprint density at radius 1 is 1.00 bits per heavy atom. The summed E-state index contributed by atoms with van der Waals surface area (Å²) < 4.78 is 25.4.